The number of carbonyl (C=O) groups is 4. The second kappa shape index (κ2) is 25.0. The van der Waals surface area contributed by atoms with Gasteiger partial charge in [-0.1, -0.05) is 107 Å². The van der Waals surface area contributed by atoms with Gasteiger partial charge in [0.2, 0.25) is 11.6 Å². The lowest BCUT2D eigenvalue weighted by Gasteiger charge is -2.32. The Morgan fingerprint density at radius 2 is 1.37 bits per heavy atom. The summed E-state index contributed by atoms with van der Waals surface area (Å²) in [7, 11) is 0. The lowest BCUT2D eigenvalue weighted by atomic mass is 9.83. The van der Waals surface area contributed by atoms with Crippen molar-refractivity contribution in [1.82, 2.24) is 4.57 Å². The molecule has 12 nitrogen and oxygen atoms in total. The van der Waals surface area contributed by atoms with Gasteiger partial charge in [-0.05, 0) is 154 Å². The lowest BCUT2D eigenvalue weighted by molar-refractivity contribution is -0.117. The summed E-state index contributed by atoms with van der Waals surface area (Å²) in [4.78, 5) is 58.1. The molecular weight excluding hydrogens is 941 g/mol. The summed E-state index contributed by atoms with van der Waals surface area (Å²) >= 11 is 0. The van der Waals surface area contributed by atoms with Crippen LogP contribution < -0.4 is 4.90 Å². The van der Waals surface area contributed by atoms with Gasteiger partial charge in [0.15, 0.2) is 11.6 Å². The van der Waals surface area contributed by atoms with E-state index in [9.17, 15) is 39.8 Å². The normalized spacial score (nSPS) is 19.0. The molecule has 3 aromatic carbocycles. The van der Waals surface area contributed by atoms with E-state index in [1.54, 1.807) is 36.4 Å². The SMILES string of the molecule is CCCCC(CC)CN1c2ccc(C(=O)/C(CCCCC/C(=N\O)C(=O)C3=Cc4c(n(CC(CC)CCCC)c5ccc(C(=O)c6ccc(O)cc6)cc45)CC3)=N/O)cc2C2C=C(C(=O)C3C=CC(O)=CC3)C=CC21. The van der Waals surface area contributed by atoms with Gasteiger partial charge < -0.3 is 30.1 Å². The van der Waals surface area contributed by atoms with Gasteiger partial charge in [0, 0.05) is 80.6 Å². The highest BCUT2D eigenvalue weighted by molar-refractivity contribution is 6.47. The summed E-state index contributed by atoms with van der Waals surface area (Å²) in [6, 6.07) is 17.7. The van der Waals surface area contributed by atoms with Crippen molar-refractivity contribution < 1.29 is 39.8 Å². The molecule has 8 rings (SSSR count). The number of hydrogen-bond acceptors (Lipinski definition) is 11. The van der Waals surface area contributed by atoms with Crippen molar-refractivity contribution in [3.63, 3.8) is 0 Å². The Labute approximate surface area is 441 Å². The average Bonchev–Trinajstić information content (AvgIpc) is 3.92. The Hall–Kier alpha value is -7.08. The number of aromatic hydroxyl groups is 1. The maximum Gasteiger partial charge on any atom is 0.210 e. The van der Waals surface area contributed by atoms with Gasteiger partial charge in [-0.3, -0.25) is 19.2 Å². The standard InChI is InChI=1S/C63H74N4O8/c1-5-9-14-40(7-3)38-66-56-30-22-44(60(70)42-18-26-48(68)27-19-42)34-50(56)52-36-46(24-32-58(52)66)62(72)54(64-74)16-12-11-13-17-55(65-75)63(73)47-25-33-59-53(37-47)51-35-45(61(71)43-20-28-49(69)29-21-43)23-31-57(51)67(59)39-41(8-4)15-10-6-2/h18-20,22-23,25-31,33-37,40-41,43,51,57,68-69,74-75H,5-17,21,24,32,38-39H2,1-4H3/b64-54+,65-55+. The Balaban J connectivity index is 0.942. The number of rotatable bonds is 26. The molecule has 75 heavy (non-hydrogen) atoms. The number of nitrogens with zero attached hydrogens (tertiary/aromatic N) is 4. The molecule has 0 radical (unpaired) electrons. The third-order valence-corrected chi connectivity index (χ3v) is 16.1. The minimum atomic E-state index is -0.379. The largest absolute Gasteiger partial charge is 0.508 e. The first kappa shape index (κ1) is 54.2. The molecule has 5 atom stereocenters. The van der Waals surface area contributed by atoms with Gasteiger partial charge in [0.1, 0.15) is 22.9 Å². The second-order valence-corrected chi connectivity index (χ2v) is 21.0. The van der Waals surface area contributed by atoms with E-state index in [1.165, 1.54) is 12.1 Å². The summed E-state index contributed by atoms with van der Waals surface area (Å²) in [5.74, 6) is -0.222. The fourth-order valence-electron chi connectivity index (χ4n) is 11.6. The number of phenolic OH excluding ortho intramolecular Hbond substituents is 1. The minimum Gasteiger partial charge on any atom is -0.508 e. The van der Waals surface area contributed by atoms with E-state index in [1.807, 2.05) is 48.6 Å². The number of phenols is 1. The maximum atomic E-state index is 14.1. The number of fused-ring (bicyclic) bond motifs is 6. The summed E-state index contributed by atoms with van der Waals surface area (Å²) < 4.78 is 2.37. The number of benzene rings is 3. The van der Waals surface area contributed by atoms with Crippen molar-refractivity contribution in [2.45, 2.75) is 149 Å². The summed E-state index contributed by atoms with van der Waals surface area (Å²) in [6.07, 6.45) is 25.3. The molecule has 0 saturated carbocycles. The van der Waals surface area contributed by atoms with Crippen molar-refractivity contribution in [2.75, 3.05) is 11.4 Å². The van der Waals surface area contributed by atoms with Gasteiger partial charge in [0.25, 0.3) is 0 Å². The molecule has 1 aromatic heterocycles. The van der Waals surface area contributed by atoms with Crippen LogP contribution >= 0.6 is 0 Å². The summed E-state index contributed by atoms with van der Waals surface area (Å²) in [5.41, 5.74) is 7.61. The molecule has 3 aliphatic carbocycles. The highest BCUT2D eigenvalue weighted by Gasteiger charge is 2.40. The number of hydrogen-bond donors (Lipinski definition) is 4. The van der Waals surface area contributed by atoms with Crippen LogP contribution in [0, 0.1) is 17.8 Å². The fourth-order valence-corrected chi connectivity index (χ4v) is 11.6. The van der Waals surface area contributed by atoms with E-state index in [0.717, 1.165) is 97.9 Å². The topological polar surface area (TPSA) is 182 Å². The first-order valence-electron chi connectivity index (χ1n) is 27.5. The smallest absolute Gasteiger partial charge is 0.210 e. The number of aliphatic hydroxyl groups is 1. The van der Waals surface area contributed by atoms with Crippen molar-refractivity contribution in [3.05, 3.63) is 148 Å². The van der Waals surface area contributed by atoms with Crippen LogP contribution in [-0.2, 0) is 22.6 Å². The number of aromatic nitrogens is 1. The number of unbranched alkanes of at least 4 members (excludes halogenated alkanes) is 4. The van der Waals surface area contributed by atoms with Crippen molar-refractivity contribution in [1.29, 1.82) is 0 Å². The van der Waals surface area contributed by atoms with Crippen molar-refractivity contribution in [3.8, 4) is 5.75 Å². The molecule has 4 aliphatic rings. The second-order valence-electron chi connectivity index (χ2n) is 21.0. The van der Waals surface area contributed by atoms with Crippen LogP contribution in [0.5, 0.6) is 5.75 Å². The lowest BCUT2D eigenvalue weighted by Crippen LogP contribution is -2.37. The molecule has 0 amide bonds. The maximum absolute atomic E-state index is 14.1. The molecule has 394 valence electrons. The number of carbonyl (C=O) groups excluding carboxylic acids is 4. The van der Waals surface area contributed by atoms with Gasteiger partial charge in [-0.25, -0.2) is 0 Å². The molecule has 5 unspecified atom stereocenters. The first-order valence-corrected chi connectivity index (χ1v) is 27.5. The highest BCUT2D eigenvalue weighted by atomic mass is 16.4. The predicted octanol–water partition coefficient (Wildman–Crippen LogP) is 13.8. The average molecular weight is 1020 g/mol. The number of aliphatic hydroxyl groups excluding tert-OH is 1. The van der Waals surface area contributed by atoms with E-state index < -0.39 is 0 Å². The molecule has 1 aliphatic heterocycles. The van der Waals surface area contributed by atoms with Gasteiger partial charge in [0.05, 0.1) is 6.04 Å². The summed E-state index contributed by atoms with van der Waals surface area (Å²) in [6.45, 7) is 10.5. The summed E-state index contributed by atoms with van der Waals surface area (Å²) in [5, 5.41) is 48.0. The molecule has 0 spiro atoms. The molecule has 0 bridgehead atoms. The van der Waals surface area contributed by atoms with Crippen LogP contribution in [0.1, 0.15) is 173 Å². The minimum absolute atomic E-state index is 0.0113. The highest BCUT2D eigenvalue weighted by Crippen LogP contribution is 2.46. The molecular formula is C63H74N4O8. The van der Waals surface area contributed by atoms with Gasteiger partial charge in [-0.2, -0.15) is 0 Å². The number of Topliss-reactive ketones (excluding diaryl/α,β-unsaturated/α-hetero) is 3. The zero-order valence-corrected chi connectivity index (χ0v) is 44.1. The predicted molar refractivity (Wildman–Crippen MR) is 298 cm³/mol. The van der Waals surface area contributed by atoms with Crippen molar-refractivity contribution >= 4 is 57.2 Å². The molecule has 4 N–H and O–H groups in total. The van der Waals surface area contributed by atoms with Gasteiger partial charge >= 0.3 is 0 Å². The molecule has 0 fully saturated rings. The number of oxime groups is 2. The Kier molecular flexibility index (Phi) is 18.0. The van der Waals surface area contributed by atoms with Crippen LogP contribution in [0.15, 0.2) is 124 Å². The molecule has 12 heteroatoms. The van der Waals surface area contributed by atoms with Crippen LogP contribution in [0.3, 0.4) is 0 Å². The Morgan fingerprint density at radius 3 is 2.03 bits per heavy atom. The monoisotopic (exact) mass is 1010 g/mol. The number of allylic oxidation sites excluding steroid dienone is 6. The van der Waals surface area contributed by atoms with E-state index in [2.05, 4.69) is 53.5 Å². The van der Waals surface area contributed by atoms with Crippen LogP contribution in [0.4, 0.5) is 5.69 Å². The molecule has 2 heterocycles. The fraction of sp³-hybridized carbons (Fsp3) is 0.429. The van der Waals surface area contributed by atoms with Crippen LogP contribution in [0.2, 0.25) is 0 Å². The molecule has 0 saturated heterocycles. The van der Waals surface area contributed by atoms with E-state index in [-0.39, 0.29) is 76.8 Å². The van der Waals surface area contributed by atoms with E-state index in [0.29, 0.717) is 78.2 Å². The zero-order chi connectivity index (χ0) is 53.2. The van der Waals surface area contributed by atoms with E-state index in [4.69, 9.17) is 0 Å². The Bertz CT molecular complexity index is 3000. The van der Waals surface area contributed by atoms with Crippen LogP contribution in [-0.4, -0.2) is 72.3 Å². The van der Waals surface area contributed by atoms with E-state index >= 15 is 0 Å². The molecule has 4 aromatic rings. The zero-order valence-electron chi connectivity index (χ0n) is 44.1. The third kappa shape index (κ3) is 12.1. The third-order valence-electron chi connectivity index (χ3n) is 16.1. The Morgan fingerprint density at radius 1 is 0.707 bits per heavy atom. The quantitative estimate of drug-likeness (QED) is 0.0156. The first-order chi connectivity index (χ1) is 36.4. The van der Waals surface area contributed by atoms with Crippen LogP contribution in [0.25, 0.3) is 17.0 Å². The van der Waals surface area contributed by atoms with Gasteiger partial charge in [-0.15, -0.1) is 0 Å². The number of anilines is 1. The number of ketones is 4. The van der Waals surface area contributed by atoms with Crippen molar-refractivity contribution in [2.24, 2.45) is 28.1 Å².